The van der Waals surface area contributed by atoms with E-state index in [0.717, 1.165) is 12.8 Å². The summed E-state index contributed by atoms with van der Waals surface area (Å²) in [6.07, 6.45) is 4.71. The molecule has 2 heteroatoms. The summed E-state index contributed by atoms with van der Waals surface area (Å²) in [4.78, 5) is 0. The zero-order valence-corrected chi connectivity index (χ0v) is 22.9. The molecule has 0 saturated carbocycles. The van der Waals surface area contributed by atoms with E-state index in [2.05, 4.69) is 100 Å². The summed E-state index contributed by atoms with van der Waals surface area (Å²) < 4.78 is 0. The number of rotatable bonds is 4. The van der Waals surface area contributed by atoms with E-state index in [1.807, 2.05) is 0 Å². The largest absolute Gasteiger partial charge is 0.326 e. The molecule has 1 atom stereocenters. The number of benzene rings is 4. The second kappa shape index (κ2) is 8.98. The van der Waals surface area contributed by atoms with Crippen LogP contribution in [-0.4, -0.2) is 0 Å². The molecule has 0 amide bonds. The fourth-order valence-corrected chi connectivity index (χ4v) is 10.5. The molecule has 0 bridgehead atoms. The first-order valence-corrected chi connectivity index (χ1v) is 14.7. The van der Waals surface area contributed by atoms with Crippen LogP contribution in [0.15, 0.2) is 72.8 Å². The minimum atomic E-state index is -0.709. The van der Waals surface area contributed by atoms with Crippen LogP contribution in [0.25, 0.3) is 0 Å². The number of aryl methyl sites for hydroxylation is 6. The van der Waals surface area contributed by atoms with Gasteiger partial charge in [-0.3, -0.25) is 0 Å². The van der Waals surface area contributed by atoms with Gasteiger partial charge in [0.2, 0.25) is 0 Å². The van der Waals surface area contributed by atoms with Gasteiger partial charge in [-0.1, -0.05) is 72.8 Å². The lowest BCUT2D eigenvalue weighted by Crippen LogP contribution is -2.34. The van der Waals surface area contributed by atoms with E-state index >= 15 is 0 Å². The van der Waals surface area contributed by atoms with Crippen molar-refractivity contribution in [2.24, 2.45) is 5.73 Å². The van der Waals surface area contributed by atoms with E-state index in [0.29, 0.717) is 6.54 Å². The molecule has 0 unspecified atom stereocenters. The Morgan fingerprint density at radius 1 is 0.639 bits per heavy atom. The van der Waals surface area contributed by atoms with Gasteiger partial charge in [-0.25, -0.2) is 0 Å². The van der Waals surface area contributed by atoms with Gasteiger partial charge in [-0.15, -0.1) is 0 Å². The molecule has 2 aliphatic rings. The molecule has 4 aromatic carbocycles. The SMILES string of the molecule is Cc1cccc(C)c1P(c1cccc2c1[C@@]1(CCc3cccc(CN)c31)CC2)c1c(C)cccc1C. The third-order valence-corrected chi connectivity index (χ3v) is 11.9. The van der Waals surface area contributed by atoms with Gasteiger partial charge in [0.05, 0.1) is 0 Å². The molecule has 4 aromatic rings. The summed E-state index contributed by atoms with van der Waals surface area (Å²) >= 11 is 0. The van der Waals surface area contributed by atoms with E-state index in [1.54, 1.807) is 22.0 Å². The lowest BCUT2D eigenvalue weighted by atomic mass is 9.75. The third-order valence-electron chi connectivity index (χ3n) is 8.75. The zero-order valence-electron chi connectivity index (χ0n) is 22.0. The van der Waals surface area contributed by atoms with Gasteiger partial charge < -0.3 is 5.73 Å². The van der Waals surface area contributed by atoms with Crippen LogP contribution < -0.4 is 21.6 Å². The normalized spacial score (nSPS) is 18.2. The maximum Gasteiger partial charge on any atom is 0.0224 e. The molecule has 0 saturated heterocycles. The Morgan fingerprint density at radius 2 is 1.11 bits per heavy atom. The summed E-state index contributed by atoms with van der Waals surface area (Å²) in [5, 5.41) is 4.63. The minimum Gasteiger partial charge on any atom is -0.326 e. The minimum absolute atomic E-state index is 0.0883. The Morgan fingerprint density at radius 3 is 1.64 bits per heavy atom. The van der Waals surface area contributed by atoms with Crippen molar-refractivity contribution in [2.45, 2.75) is 65.3 Å². The molecule has 6 rings (SSSR count). The molecular formula is C34H36NP. The number of hydrogen-bond acceptors (Lipinski definition) is 1. The molecule has 0 heterocycles. The average Bonchev–Trinajstić information content (AvgIpc) is 3.44. The first-order chi connectivity index (χ1) is 17.5. The third kappa shape index (κ3) is 3.44. The standard InChI is InChI=1S/C34H36NP/c1-22-9-5-10-23(2)32(22)36(33-24(3)11-6-12-25(33)4)29-16-8-14-27-18-20-34(31(27)29)19-17-26-13-7-15-28(21-35)30(26)34/h5-16H,17-21,35H2,1-4H3/t34-/m0/s1. The molecular weight excluding hydrogens is 453 g/mol. The molecule has 0 fully saturated rings. The van der Waals surface area contributed by atoms with Crippen molar-refractivity contribution in [3.05, 3.63) is 123 Å². The van der Waals surface area contributed by atoms with Crippen molar-refractivity contribution in [3.63, 3.8) is 0 Å². The van der Waals surface area contributed by atoms with Crippen molar-refractivity contribution in [2.75, 3.05) is 0 Å². The zero-order chi connectivity index (χ0) is 25.0. The Hall–Kier alpha value is -2.73. The Kier molecular flexibility index (Phi) is 5.90. The van der Waals surface area contributed by atoms with Crippen LogP contribution in [-0.2, 0) is 24.8 Å². The van der Waals surface area contributed by atoms with Crippen molar-refractivity contribution in [1.29, 1.82) is 0 Å². The van der Waals surface area contributed by atoms with Gasteiger partial charge in [0.25, 0.3) is 0 Å². The first-order valence-electron chi connectivity index (χ1n) is 13.3. The molecule has 1 nitrogen and oxygen atoms in total. The summed E-state index contributed by atoms with van der Waals surface area (Å²) in [5.74, 6) is 0. The molecule has 0 aromatic heterocycles. The monoisotopic (exact) mass is 489 g/mol. The number of fused-ring (bicyclic) bond motifs is 4. The van der Waals surface area contributed by atoms with Crippen molar-refractivity contribution < 1.29 is 0 Å². The van der Waals surface area contributed by atoms with Crippen LogP contribution in [0.2, 0.25) is 0 Å². The van der Waals surface area contributed by atoms with Crippen LogP contribution >= 0.6 is 7.92 Å². The highest BCUT2D eigenvalue weighted by atomic mass is 31.1. The van der Waals surface area contributed by atoms with Crippen molar-refractivity contribution >= 4 is 23.8 Å². The summed E-state index contributed by atoms with van der Waals surface area (Å²) in [6.45, 7) is 9.84. The van der Waals surface area contributed by atoms with Crippen LogP contribution in [0.1, 0.15) is 62.9 Å². The highest BCUT2D eigenvalue weighted by Gasteiger charge is 2.48. The molecule has 0 aliphatic heterocycles. The van der Waals surface area contributed by atoms with E-state index < -0.39 is 7.92 Å². The number of hydrogen-bond donors (Lipinski definition) is 1. The Balaban J connectivity index is 1.69. The molecule has 2 N–H and O–H groups in total. The van der Waals surface area contributed by atoms with Crippen LogP contribution in [0, 0.1) is 27.7 Å². The maximum atomic E-state index is 6.36. The predicted octanol–water partition coefficient (Wildman–Crippen LogP) is 6.32. The topological polar surface area (TPSA) is 26.0 Å². The lowest BCUT2D eigenvalue weighted by Gasteiger charge is -2.35. The van der Waals surface area contributed by atoms with Gasteiger partial charge in [0.1, 0.15) is 0 Å². The van der Waals surface area contributed by atoms with E-state index in [1.165, 1.54) is 56.8 Å². The van der Waals surface area contributed by atoms with E-state index in [4.69, 9.17) is 5.73 Å². The average molecular weight is 490 g/mol. The molecule has 2 aliphatic carbocycles. The Bertz CT molecular complexity index is 1390. The summed E-state index contributed by atoms with van der Waals surface area (Å²) in [5.41, 5.74) is 19.7. The molecule has 36 heavy (non-hydrogen) atoms. The fourth-order valence-electron chi connectivity index (χ4n) is 7.30. The van der Waals surface area contributed by atoms with E-state index in [-0.39, 0.29) is 5.41 Å². The first kappa shape index (κ1) is 23.7. The maximum absolute atomic E-state index is 6.36. The second-order valence-corrected chi connectivity index (χ2v) is 12.9. The summed E-state index contributed by atoms with van der Waals surface area (Å²) in [7, 11) is -0.709. The van der Waals surface area contributed by atoms with Crippen LogP contribution in [0.3, 0.4) is 0 Å². The van der Waals surface area contributed by atoms with E-state index in [9.17, 15) is 0 Å². The quantitative estimate of drug-likeness (QED) is 0.334. The smallest absolute Gasteiger partial charge is 0.0224 e. The predicted molar refractivity (Wildman–Crippen MR) is 156 cm³/mol. The molecule has 0 radical (unpaired) electrons. The molecule has 182 valence electrons. The summed E-state index contributed by atoms with van der Waals surface area (Å²) in [6, 6.07) is 27.7. The van der Waals surface area contributed by atoms with Gasteiger partial charge in [0, 0.05) is 12.0 Å². The highest BCUT2D eigenvalue weighted by Crippen LogP contribution is 2.55. The number of nitrogens with two attached hydrogens (primary N) is 1. The fraction of sp³-hybridized carbons (Fsp3) is 0.294. The van der Waals surface area contributed by atoms with Gasteiger partial charge >= 0.3 is 0 Å². The van der Waals surface area contributed by atoms with Crippen molar-refractivity contribution in [3.8, 4) is 0 Å². The highest BCUT2D eigenvalue weighted by molar-refractivity contribution is 7.80. The van der Waals surface area contributed by atoms with Gasteiger partial charge in [-0.05, 0) is 127 Å². The van der Waals surface area contributed by atoms with Crippen LogP contribution in [0.5, 0.6) is 0 Å². The van der Waals surface area contributed by atoms with Gasteiger partial charge in [-0.2, -0.15) is 0 Å². The Labute approximate surface area is 217 Å². The molecule has 1 spiro atoms. The van der Waals surface area contributed by atoms with Crippen LogP contribution in [0.4, 0.5) is 0 Å². The second-order valence-electron chi connectivity index (χ2n) is 10.9. The van der Waals surface area contributed by atoms with Gasteiger partial charge in [0.15, 0.2) is 0 Å². The lowest BCUT2D eigenvalue weighted by molar-refractivity contribution is 0.506. The van der Waals surface area contributed by atoms with Crippen molar-refractivity contribution in [1.82, 2.24) is 0 Å².